The lowest BCUT2D eigenvalue weighted by Crippen LogP contribution is -2.34. The Labute approximate surface area is 223 Å². The van der Waals surface area contributed by atoms with Crippen LogP contribution in [0.2, 0.25) is 0 Å². The lowest BCUT2D eigenvalue weighted by atomic mass is 10.1. The van der Waals surface area contributed by atoms with Crippen molar-refractivity contribution in [3.8, 4) is 17.0 Å². The van der Waals surface area contributed by atoms with Crippen molar-refractivity contribution in [2.75, 3.05) is 25.1 Å². The SMILES string of the molecule is CCOC(=O)Nc1cccc(Cn2nc(-c3cc(F)c(OCCNC(=O)OC(C)(C)C)c(F)c3)ccc2=O)c1. The number of nitrogens with one attached hydrogen (secondary N) is 2. The van der Waals surface area contributed by atoms with E-state index in [1.54, 1.807) is 52.0 Å². The number of hydrogen-bond donors (Lipinski definition) is 2. The molecule has 10 nitrogen and oxygen atoms in total. The number of hydrogen-bond acceptors (Lipinski definition) is 7. The number of rotatable bonds is 9. The predicted molar refractivity (Wildman–Crippen MR) is 140 cm³/mol. The number of halogens is 2. The van der Waals surface area contributed by atoms with Crippen molar-refractivity contribution in [1.82, 2.24) is 15.1 Å². The summed E-state index contributed by atoms with van der Waals surface area (Å²) in [6, 6.07) is 11.4. The summed E-state index contributed by atoms with van der Waals surface area (Å²) in [4.78, 5) is 35.8. The van der Waals surface area contributed by atoms with Gasteiger partial charge < -0.3 is 19.5 Å². The Morgan fingerprint density at radius 3 is 2.41 bits per heavy atom. The first kappa shape index (κ1) is 29.1. The zero-order chi connectivity index (χ0) is 28.6. The zero-order valence-electron chi connectivity index (χ0n) is 22.0. The predicted octanol–water partition coefficient (Wildman–Crippen LogP) is 4.71. The maximum atomic E-state index is 14.7. The van der Waals surface area contributed by atoms with Gasteiger partial charge >= 0.3 is 12.2 Å². The van der Waals surface area contributed by atoms with Crippen molar-refractivity contribution < 1.29 is 32.6 Å². The molecule has 0 unspecified atom stereocenters. The van der Waals surface area contributed by atoms with Gasteiger partial charge in [0.1, 0.15) is 12.2 Å². The standard InChI is InChI=1S/C27H30F2N4O6/c1-5-37-26(36)31-19-8-6-7-17(13-19)16-33-23(34)10-9-22(32-33)18-14-20(28)24(21(29)15-18)38-12-11-30-25(35)39-27(2,3)4/h6-10,13-15H,5,11-12,16H2,1-4H3,(H,30,35)(H,31,36). The van der Waals surface area contributed by atoms with E-state index in [0.717, 1.165) is 16.8 Å². The maximum Gasteiger partial charge on any atom is 0.411 e. The summed E-state index contributed by atoms with van der Waals surface area (Å²) in [7, 11) is 0. The van der Waals surface area contributed by atoms with Gasteiger partial charge in [-0.3, -0.25) is 10.1 Å². The van der Waals surface area contributed by atoms with Crippen molar-refractivity contribution in [1.29, 1.82) is 0 Å². The lowest BCUT2D eigenvalue weighted by molar-refractivity contribution is 0.0519. The third-order valence-corrected chi connectivity index (χ3v) is 4.96. The van der Waals surface area contributed by atoms with Gasteiger partial charge in [-0.05, 0) is 63.6 Å². The molecular weight excluding hydrogens is 514 g/mol. The molecule has 3 rings (SSSR count). The second-order valence-electron chi connectivity index (χ2n) is 9.31. The highest BCUT2D eigenvalue weighted by Gasteiger charge is 2.17. The van der Waals surface area contributed by atoms with Gasteiger partial charge in [-0.25, -0.2) is 23.1 Å². The second kappa shape index (κ2) is 12.9. The molecule has 1 aromatic heterocycles. The fourth-order valence-corrected chi connectivity index (χ4v) is 3.39. The quantitative estimate of drug-likeness (QED) is 0.374. The Bertz CT molecular complexity index is 1360. The molecule has 12 heteroatoms. The van der Waals surface area contributed by atoms with Gasteiger partial charge in [0, 0.05) is 17.3 Å². The van der Waals surface area contributed by atoms with Crippen molar-refractivity contribution >= 4 is 17.9 Å². The fourth-order valence-electron chi connectivity index (χ4n) is 3.39. The summed E-state index contributed by atoms with van der Waals surface area (Å²) >= 11 is 0. The number of benzene rings is 2. The highest BCUT2D eigenvalue weighted by Crippen LogP contribution is 2.28. The molecule has 0 aliphatic heterocycles. The van der Waals surface area contributed by atoms with Crippen LogP contribution in [0.3, 0.4) is 0 Å². The molecule has 0 fully saturated rings. The molecule has 0 bridgehead atoms. The van der Waals surface area contributed by atoms with Crippen molar-refractivity contribution in [2.24, 2.45) is 0 Å². The Kier molecular flexibility index (Phi) is 9.58. The summed E-state index contributed by atoms with van der Waals surface area (Å²) in [5.41, 5.74) is 0.261. The topological polar surface area (TPSA) is 121 Å². The summed E-state index contributed by atoms with van der Waals surface area (Å²) < 4.78 is 45.7. The average Bonchev–Trinajstić information content (AvgIpc) is 2.83. The van der Waals surface area contributed by atoms with E-state index >= 15 is 0 Å². The molecule has 0 atom stereocenters. The van der Waals surface area contributed by atoms with Crippen LogP contribution in [0.25, 0.3) is 11.3 Å². The number of alkyl carbamates (subject to hydrolysis) is 1. The van der Waals surface area contributed by atoms with Crippen LogP contribution in [0.4, 0.5) is 24.1 Å². The molecule has 2 aromatic carbocycles. The molecule has 0 aliphatic carbocycles. The summed E-state index contributed by atoms with van der Waals surface area (Å²) in [6.45, 7) is 6.85. The summed E-state index contributed by atoms with van der Waals surface area (Å²) in [6.07, 6.45) is -1.28. The van der Waals surface area contributed by atoms with Gasteiger partial charge in [0.15, 0.2) is 17.4 Å². The minimum Gasteiger partial charge on any atom is -0.486 e. The zero-order valence-corrected chi connectivity index (χ0v) is 22.0. The minimum atomic E-state index is -0.973. The molecule has 0 radical (unpaired) electrons. The number of carbonyl (C=O) groups excluding carboxylic acids is 2. The van der Waals surface area contributed by atoms with Crippen molar-refractivity contribution in [3.05, 3.63) is 76.1 Å². The Morgan fingerprint density at radius 2 is 1.74 bits per heavy atom. The van der Waals surface area contributed by atoms with Gasteiger partial charge in [0.25, 0.3) is 5.56 Å². The summed E-state index contributed by atoms with van der Waals surface area (Å²) in [5.74, 6) is -2.55. The molecule has 0 saturated heterocycles. The molecular formula is C27H30F2N4O6. The maximum absolute atomic E-state index is 14.7. The highest BCUT2D eigenvalue weighted by atomic mass is 19.1. The van der Waals surface area contributed by atoms with Gasteiger partial charge in [-0.1, -0.05) is 12.1 Å². The van der Waals surface area contributed by atoms with Crippen molar-refractivity contribution in [2.45, 2.75) is 39.8 Å². The smallest absolute Gasteiger partial charge is 0.411 e. The molecule has 0 saturated carbocycles. The van der Waals surface area contributed by atoms with Crippen LogP contribution in [0.5, 0.6) is 5.75 Å². The van der Waals surface area contributed by atoms with E-state index in [-0.39, 0.29) is 37.6 Å². The van der Waals surface area contributed by atoms with Crippen LogP contribution < -0.4 is 20.9 Å². The molecule has 39 heavy (non-hydrogen) atoms. The number of ether oxygens (including phenoxy) is 3. The van der Waals surface area contributed by atoms with E-state index in [4.69, 9.17) is 14.2 Å². The Hall–Kier alpha value is -4.48. The molecule has 208 valence electrons. The summed E-state index contributed by atoms with van der Waals surface area (Å²) in [5, 5.41) is 9.27. The van der Waals surface area contributed by atoms with Crippen LogP contribution in [0, 0.1) is 11.6 Å². The first-order chi connectivity index (χ1) is 18.4. The highest BCUT2D eigenvalue weighted by molar-refractivity contribution is 5.84. The van der Waals surface area contributed by atoms with Gasteiger partial charge in [0.05, 0.1) is 25.4 Å². The molecule has 0 aliphatic rings. The van der Waals surface area contributed by atoms with Crippen LogP contribution in [-0.2, 0) is 16.0 Å². The number of aromatic nitrogens is 2. The van der Waals surface area contributed by atoms with Gasteiger partial charge in [-0.15, -0.1) is 0 Å². The normalized spacial score (nSPS) is 11.0. The third kappa shape index (κ3) is 8.80. The van der Waals surface area contributed by atoms with E-state index in [9.17, 15) is 23.2 Å². The van der Waals surface area contributed by atoms with Crippen LogP contribution in [0.15, 0.2) is 53.3 Å². The van der Waals surface area contributed by atoms with E-state index in [1.165, 1.54) is 12.1 Å². The number of carbonyl (C=O) groups is 2. The first-order valence-corrected chi connectivity index (χ1v) is 12.1. The molecule has 3 aromatic rings. The third-order valence-electron chi connectivity index (χ3n) is 4.96. The lowest BCUT2D eigenvalue weighted by Gasteiger charge is -2.19. The Morgan fingerprint density at radius 1 is 1.03 bits per heavy atom. The molecule has 2 amide bonds. The van der Waals surface area contributed by atoms with E-state index in [1.807, 2.05) is 0 Å². The van der Waals surface area contributed by atoms with Crippen LogP contribution in [0.1, 0.15) is 33.3 Å². The van der Waals surface area contributed by atoms with Crippen molar-refractivity contribution in [3.63, 3.8) is 0 Å². The Balaban J connectivity index is 1.70. The van der Waals surface area contributed by atoms with E-state index < -0.39 is 40.7 Å². The van der Waals surface area contributed by atoms with Crippen LogP contribution >= 0.6 is 0 Å². The monoisotopic (exact) mass is 544 g/mol. The van der Waals surface area contributed by atoms with E-state index in [2.05, 4.69) is 15.7 Å². The first-order valence-electron chi connectivity index (χ1n) is 12.1. The van der Waals surface area contributed by atoms with Crippen LogP contribution in [-0.4, -0.2) is 47.3 Å². The minimum absolute atomic E-state index is 0.0292. The molecule has 0 spiro atoms. The van der Waals surface area contributed by atoms with Gasteiger partial charge in [0.2, 0.25) is 0 Å². The largest absolute Gasteiger partial charge is 0.486 e. The fraction of sp³-hybridized carbons (Fsp3) is 0.333. The molecule has 2 N–H and O–H groups in total. The second-order valence-corrected chi connectivity index (χ2v) is 9.31. The average molecular weight is 545 g/mol. The number of nitrogens with zero attached hydrogens (tertiary/aromatic N) is 2. The number of anilines is 1. The molecule has 1 heterocycles. The van der Waals surface area contributed by atoms with Gasteiger partial charge in [-0.2, -0.15) is 5.10 Å². The number of amides is 2. The van der Waals surface area contributed by atoms with E-state index in [0.29, 0.717) is 11.3 Å².